The maximum Gasteiger partial charge on any atom is 0.410 e. The Hall–Kier alpha value is -1.18. The number of hydrogen-bond donors (Lipinski definition) is 0. The van der Waals surface area contributed by atoms with Crippen molar-refractivity contribution in [1.29, 1.82) is 0 Å². The van der Waals surface area contributed by atoms with E-state index in [0.717, 1.165) is 19.1 Å². The SMILES string of the molecule is CO[C@@]1(C)O[C@@H]2[C@@H](C=O)C3(CC3)N(C(=O)OC(C)(C)C)C[C@H]2OC1(C)C. The van der Waals surface area contributed by atoms with Gasteiger partial charge in [0.15, 0.2) is 5.79 Å². The first-order valence-corrected chi connectivity index (χ1v) is 9.26. The molecule has 1 amide bonds. The molecule has 0 aromatic heterocycles. The van der Waals surface area contributed by atoms with E-state index in [2.05, 4.69) is 0 Å². The molecule has 26 heavy (non-hydrogen) atoms. The fourth-order valence-electron chi connectivity index (χ4n) is 4.13. The average molecular weight is 369 g/mol. The number of carbonyl (C=O) groups excluding carboxylic acids is 2. The van der Waals surface area contributed by atoms with Crippen molar-refractivity contribution in [3.63, 3.8) is 0 Å². The normalized spacial score (nSPS) is 37.8. The van der Waals surface area contributed by atoms with Crippen molar-refractivity contribution in [2.24, 2.45) is 5.92 Å². The van der Waals surface area contributed by atoms with Crippen LogP contribution >= 0.6 is 0 Å². The second-order valence-electron chi connectivity index (χ2n) is 9.26. The molecule has 7 nitrogen and oxygen atoms in total. The zero-order chi connectivity index (χ0) is 19.5. The number of piperidine rings is 1. The van der Waals surface area contributed by atoms with Crippen LogP contribution in [0.25, 0.3) is 0 Å². The molecule has 3 rings (SSSR count). The third kappa shape index (κ3) is 2.94. The zero-order valence-electron chi connectivity index (χ0n) is 16.8. The number of nitrogens with zero attached hydrogens (tertiary/aromatic N) is 1. The third-order valence-electron chi connectivity index (χ3n) is 6.05. The largest absolute Gasteiger partial charge is 0.444 e. The summed E-state index contributed by atoms with van der Waals surface area (Å²) in [7, 11) is 1.57. The number of ether oxygens (including phenoxy) is 4. The molecule has 0 aromatic rings. The van der Waals surface area contributed by atoms with Crippen LogP contribution in [-0.4, -0.2) is 65.7 Å². The molecule has 3 aliphatic rings. The molecule has 1 aliphatic carbocycles. The summed E-state index contributed by atoms with van der Waals surface area (Å²) in [5.74, 6) is -1.45. The zero-order valence-corrected chi connectivity index (χ0v) is 16.8. The number of hydrogen-bond acceptors (Lipinski definition) is 6. The number of rotatable bonds is 2. The number of carbonyl (C=O) groups is 2. The van der Waals surface area contributed by atoms with Gasteiger partial charge in [-0.2, -0.15) is 0 Å². The third-order valence-corrected chi connectivity index (χ3v) is 6.05. The van der Waals surface area contributed by atoms with E-state index in [1.807, 2.05) is 41.5 Å². The van der Waals surface area contributed by atoms with Crippen molar-refractivity contribution < 1.29 is 28.5 Å². The van der Waals surface area contributed by atoms with Crippen LogP contribution in [0.15, 0.2) is 0 Å². The second-order valence-corrected chi connectivity index (χ2v) is 9.26. The molecule has 0 N–H and O–H groups in total. The number of amides is 1. The molecule has 1 saturated carbocycles. The minimum atomic E-state index is -0.973. The van der Waals surface area contributed by atoms with Gasteiger partial charge in [0.05, 0.1) is 18.0 Å². The quantitative estimate of drug-likeness (QED) is 0.696. The van der Waals surface area contributed by atoms with Gasteiger partial charge in [-0.1, -0.05) is 0 Å². The number of methoxy groups -OCH3 is 1. The van der Waals surface area contributed by atoms with E-state index in [1.54, 1.807) is 12.0 Å². The Morgan fingerprint density at radius 3 is 2.27 bits per heavy atom. The molecule has 7 heteroatoms. The van der Waals surface area contributed by atoms with Crippen molar-refractivity contribution in [2.45, 2.75) is 89.1 Å². The molecule has 148 valence electrons. The summed E-state index contributed by atoms with van der Waals surface area (Å²) in [6.07, 6.45) is 1.15. The maximum atomic E-state index is 12.8. The Kier molecular flexibility index (Phi) is 4.45. The molecular formula is C19H31NO6. The van der Waals surface area contributed by atoms with Gasteiger partial charge in [-0.15, -0.1) is 0 Å². The van der Waals surface area contributed by atoms with Gasteiger partial charge in [-0.05, 0) is 54.4 Å². The first-order valence-electron chi connectivity index (χ1n) is 9.26. The van der Waals surface area contributed by atoms with Gasteiger partial charge < -0.3 is 23.7 Å². The van der Waals surface area contributed by atoms with Crippen LogP contribution in [0.1, 0.15) is 54.4 Å². The summed E-state index contributed by atoms with van der Waals surface area (Å²) in [5, 5.41) is 0. The van der Waals surface area contributed by atoms with Crippen molar-refractivity contribution in [1.82, 2.24) is 4.90 Å². The van der Waals surface area contributed by atoms with Crippen molar-refractivity contribution in [2.75, 3.05) is 13.7 Å². The summed E-state index contributed by atoms with van der Waals surface area (Å²) in [6, 6.07) is 0. The fraction of sp³-hybridized carbons (Fsp3) is 0.895. The highest BCUT2D eigenvalue weighted by Gasteiger charge is 2.67. The predicted molar refractivity (Wildman–Crippen MR) is 93.7 cm³/mol. The van der Waals surface area contributed by atoms with Crippen molar-refractivity contribution in [3.8, 4) is 0 Å². The molecule has 2 aliphatic heterocycles. The Balaban J connectivity index is 1.91. The predicted octanol–water partition coefficient (Wildman–Crippen LogP) is 2.51. The van der Waals surface area contributed by atoms with E-state index >= 15 is 0 Å². The van der Waals surface area contributed by atoms with Gasteiger partial charge in [0.2, 0.25) is 0 Å². The lowest BCUT2D eigenvalue weighted by atomic mass is 9.81. The van der Waals surface area contributed by atoms with Crippen molar-refractivity contribution >= 4 is 12.4 Å². The highest BCUT2D eigenvalue weighted by atomic mass is 16.7. The molecule has 0 bridgehead atoms. The lowest BCUT2D eigenvalue weighted by molar-refractivity contribution is -0.394. The fourth-order valence-corrected chi connectivity index (χ4v) is 4.13. The van der Waals surface area contributed by atoms with Gasteiger partial charge in [0.25, 0.3) is 0 Å². The summed E-state index contributed by atoms with van der Waals surface area (Å²) in [4.78, 5) is 26.5. The lowest BCUT2D eigenvalue weighted by Crippen LogP contribution is -2.72. The van der Waals surface area contributed by atoms with Gasteiger partial charge in [0, 0.05) is 7.11 Å². The number of likely N-dealkylation sites (tertiary alicyclic amines) is 1. The molecule has 2 heterocycles. The molecule has 1 spiro atoms. The summed E-state index contributed by atoms with van der Waals surface area (Å²) < 4.78 is 23.8. The van der Waals surface area contributed by atoms with Crippen molar-refractivity contribution in [3.05, 3.63) is 0 Å². The summed E-state index contributed by atoms with van der Waals surface area (Å²) in [6.45, 7) is 11.5. The smallest absolute Gasteiger partial charge is 0.410 e. The highest BCUT2D eigenvalue weighted by Crippen LogP contribution is 2.55. The molecular weight excluding hydrogens is 338 g/mol. The monoisotopic (exact) mass is 369 g/mol. The Morgan fingerprint density at radius 2 is 1.81 bits per heavy atom. The second kappa shape index (κ2) is 5.91. The lowest BCUT2D eigenvalue weighted by Gasteiger charge is -2.57. The minimum absolute atomic E-state index is 0.340. The number of fused-ring (bicyclic) bond motifs is 1. The average Bonchev–Trinajstić information content (AvgIpc) is 3.28. The van der Waals surface area contributed by atoms with Gasteiger partial charge in [-0.25, -0.2) is 4.79 Å². The summed E-state index contributed by atoms with van der Waals surface area (Å²) >= 11 is 0. The van der Waals surface area contributed by atoms with Crippen LogP contribution in [0.2, 0.25) is 0 Å². The summed E-state index contributed by atoms with van der Waals surface area (Å²) in [5.41, 5.74) is -1.87. The molecule has 2 saturated heterocycles. The van der Waals surface area contributed by atoms with Crippen LogP contribution in [0.3, 0.4) is 0 Å². The molecule has 0 radical (unpaired) electrons. The van der Waals surface area contributed by atoms with Gasteiger partial charge in [0.1, 0.15) is 29.7 Å². The Labute approximate surface area is 155 Å². The van der Waals surface area contributed by atoms with Crippen LogP contribution < -0.4 is 0 Å². The van der Waals surface area contributed by atoms with Crippen LogP contribution in [0, 0.1) is 5.92 Å². The van der Waals surface area contributed by atoms with E-state index in [9.17, 15) is 9.59 Å². The molecule has 3 fully saturated rings. The number of aldehydes is 1. The first kappa shape index (κ1) is 19.6. The molecule has 4 atom stereocenters. The minimum Gasteiger partial charge on any atom is -0.444 e. The van der Waals surface area contributed by atoms with Crippen LogP contribution in [0.5, 0.6) is 0 Å². The Morgan fingerprint density at radius 1 is 1.19 bits per heavy atom. The molecule has 0 unspecified atom stereocenters. The molecule has 0 aromatic carbocycles. The topological polar surface area (TPSA) is 74.3 Å². The maximum absolute atomic E-state index is 12.8. The van der Waals surface area contributed by atoms with E-state index in [0.29, 0.717) is 6.54 Å². The van der Waals surface area contributed by atoms with E-state index < -0.39 is 46.7 Å². The van der Waals surface area contributed by atoms with Crippen LogP contribution in [0.4, 0.5) is 4.79 Å². The standard InChI is InChI=1S/C19H31NO6/c1-16(2,3)26-15(22)20-10-13-14(12(11-21)19(20)8-9-19)25-18(6,23-7)17(4,5)24-13/h11-14H,8-10H2,1-7H3/t12-,13-,14-,18+/m1/s1. The first-order chi connectivity index (χ1) is 11.9. The van der Waals surface area contributed by atoms with E-state index in [-0.39, 0.29) is 0 Å². The van der Waals surface area contributed by atoms with Gasteiger partial charge in [-0.3, -0.25) is 4.90 Å². The van der Waals surface area contributed by atoms with Gasteiger partial charge >= 0.3 is 6.09 Å². The van der Waals surface area contributed by atoms with E-state index in [4.69, 9.17) is 18.9 Å². The van der Waals surface area contributed by atoms with Crippen LogP contribution in [-0.2, 0) is 23.7 Å². The highest BCUT2D eigenvalue weighted by molar-refractivity contribution is 5.73. The Bertz CT molecular complexity index is 593. The van der Waals surface area contributed by atoms with E-state index in [1.165, 1.54) is 0 Å².